The Bertz CT molecular complexity index is 2690. The maximum Gasteiger partial charge on any atom is 0.0852 e. The molecule has 10 rings (SSSR count). The van der Waals surface area contributed by atoms with Gasteiger partial charge in [-0.1, -0.05) is 72.8 Å². The molecule has 6 nitrogen and oxygen atoms in total. The lowest BCUT2D eigenvalue weighted by atomic mass is 10.0. The number of aliphatic imine (C=N–C) groups is 1. The van der Waals surface area contributed by atoms with E-state index in [9.17, 15) is 0 Å². The number of pyridine rings is 3. The van der Waals surface area contributed by atoms with Crippen molar-refractivity contribution in [2.24, 2.45) is 4.99 Å². The predicted molar refractivity (Wildman–Crippen MR) is 204 cm³/mol. The first kappa shape index (κ1) is 28.4. The Morgan fingerprint density at radius 2 is 1.00 bits per heavy atom. The highest BCUT2D eigenvalue weighted by atomic mass is 15.0. The molecule has 6 heterocycles. The van der Waals surface area contributed by atoms with E-state index in [4.69, 9.17) is 9.98 Å². The van der Waals surface area contributed by atoms with Crippen LogP contribution in [0.2, 0.25) is 0 Å². The van der Waals surface area contributed by atoms with Gasteiger partial charge in [-0.2, -0.15) is 0 Å². The second-order valence-electron chi connectivity index (χ2n) is 12.7. The maximum absolute atomic E-state index is 5.15. The van der Waals surface area contributed by atoms with Crippen LogP contribution in [0.5, 0.6) is 0 Å². The van der Waals surface area contributed by atoms with Gasteiger partial charge in [-0.3, -0.25) is 15.0 Å². The van der Waals surface area contributed by atoms with Crippen LogP contribution in [0.15, 0.2) is 163 Å². The Balaban J connectivity index is 0.947. The van der Waals surface area contributed by atoms with Crippen LogP contribution in [-0.4, -0.2) is 29.8 Å². The number of nitrogens with zero attached hydrogens (tertiary/aromatic N) is 6. The van der Waals surface area contributed by atoms with E-state index in [1.54, 1.807) is 0 Å². The first-order chi connectivity index (χ1) is 24.8. The minimum atomic E-state index is 0.856. The van der Waals surface area contributed by atoms with Crippen LogP contribution in [-0.2, 0) is 0 Å². The predicted octanol–water partition coefficient (Wildman–Crippen LogP) is 10.4. The van der Waals surface area contributed by atoms with E-state index >= 15 is 0 Å². The van der Waals surface area contributed by atoms with Crippen LogP contribution in [0, 0.1) is 0 Å². The van der Waals surface area contributed by atoms with Crippen LogP contribution in [0.25, 0.3) is 71.9 Å². The molecular weight excluding hydrogens is 613 g/mol. The lowest BCUT2D eigenvalue weighted by molar-refractivity contribution is 1.05. The quantitative estimate of drug-likeness (QED) is 0.188. The van der Waals surface area contributed by atoms with Gasteiger partial charge in [0.15, 0.2) is 0 Å². The molecule has 0 N–H and O–H groups in total. The third kappa shape index (κ3) is 4.57. The normalized spacial score (nSPS) is 13.3. The Morgan fingerprint density at radius 3 is 1.62 bits per heavy atom. The first-order valence-corrected chi connectivity index (χ1v) is 16.9. The van der Waals surface area contributed by atoms with E-state index < -0.39 is 0 Å². The van der Waals surface area contributed by atoms with Gasteiger partial charge in [0, 0.05) is 63.3 Å². The van der Waals surface area contributed by atoms with Gasteiger partial charge >= 0.3 is 0 Å². The van der Waals surface area contributed by atoms with Crippen molar-refractivity contribution in [2.45, 2.75) is 12.8 Å². The molecule has 50 heavy (non-hydrogen) atoms. The Morgan fingerprint density at radius 1 is 0.460 bits per heavy atom. The van der Waals surface area contributed by atoms with Crippen molar-refractivity contribution in [1.29, 1.82) is 0 Å². The second-order valence-corrected chi connectivity index (χ2v) is 12.7. The number of aromatic nitrogens is 5. The molecule has 0 spiro atoms. The van der Waals surface area contributed by atoms with Crippen molar-refractivity contribution in [3.63, 3.8) is 0 Å². The van der Waals surface area contributed by atoms with Gasteiger partial charge in [-0.15, -0.1) is 0 Å². The van der Waals surface area contributed by atoms with E-state index in [1.807, 2.05) is 24.8 Å². The molecular formula is C44H30N6. The van der Waals surface area contributed by atoms with E-state index in [1.165, 1.54) is 21.8 Å². The van der Waals surface area contributed by atoms with E-state index in [-0.39, 0.29) is 0 Å². The summed E-state index contributed by atoms with van der Waals surface area (Å²) in [6.07, 6.45) is 11.6. The van der Waals surface area contributed by atoms with Crippen molar-refractivity contribution in [1.82, 2.24) is 24.1 Å². The van der Waals surface area contributed by atoms with Crippen LogP contribution in [0.1, 0.15) is 24.1 Å². The van der Waals surface area contributed by atoms with E-state index in [0.717, 1.165) is 79.9 Å². The molecule has 0 aliphatic carbocycles. The van der Waals surface area contributed by atoms with Crippen molar-refractivity contribution in [3.8, 4) is 22.6 Å². The topological polar surface area (TPSA) is 60.9 Å². The molecule has 236 valence electrons. The zero-order chi connectivity index (χ0) is 33.0. The number of hydrogen-bond donors (Lipinski definition) is 0. The van der Waals surface area contributed by atoms with Crippen LogP contribution in [0.4, 0.5) is 0 Å². The third-order valence-electron chi connectivity index (χ3n) is 9.81. The third-order valence-corrected chi connectivity index (χ3v) is 9.81. The zero-order valence-electron chi connectivity index (χ0n) is 27.1. The first-order valence-electron chi connectivity index (χ1n) is 16.9. The van der Waals surface area contributed by atoms with Gasteiger partial charge in [0.25, 0.3) is 0 Å². The van der Waals surface area contributed by atoms with E-state index in [0.29, 0.717) is 0 Å². The summed E-state index contributed by atoms with van der Waals surface area (Å²) in [5.74, 6) is 0. The molecule has 0 atom stereocenters. The lowest BCUT2D eigenvalue weighted by Crippen LogP contribution is -2.08. The summed E-state index contributed by atoms with van der Waals surface area (Å²) < 4.78 is 4.61. The lowest BCUT2D eigenvalue weighted by Gasteiger charge is -2.15. The minimum Gasteiger partial charge on any atom is -0.309 e. The number of allylic oxidation sites excluding steroid dienone is 1. The molecule has 0 fully saturated rings. The molecule has 9 aromatic rings. The summed E-state index contributed by atoms with van der Waals surface area (Å²) in [6, 6.07) is 44.8. The van der Waals surface area contributed by atoms with Gasteiger partial charge in [-0.25, -0.2) is 4.98 Å². The molecule has 1 aliphatic rings. The number of benzene rings is 4. The molecule has 1 aliphatic heterocycles. The van der Waals surface area contributed by atoms with Crippen LogP contribution >= 0.6 is 0 Å². The summed E-state index contributed by atoms with van der Waals surface area (Å²) in [7, 11) is 0. The minimum absolute atomic E-state index is 0.856. The summed E-state index contributed by atoms with van der Waals surface area (Å²) >= 11 is 0. The molecule has 0 bridgehead atoms. The molecule has 0 saturated carbocycles. The Kier molecular flexibility index (Phi) is 6.52. The highest BCUT2D eigenvalue weighted by Gasteiger charge is 2.16. The Labute approximate surface area is 288 Å². The smallest absolute Gasteiger partial charge is 0.0852 e. The molecule has 0 unspecified atom stereocenters. The van der Waals surface area contributed by atoms with Crippen molar-refractivity contribution >= 4 is 55.0 Å². The summed E-state index contributed by atoms with van der Waals surface area (Å²) in [5.41, 5.74) is 12.9. The summed E-state index contributed by atoms with van der Waals surface area (Å²) in [6.45, 7) is 0. The Hall–Kier alpha value is -6.66. The maximum atomic E-state index is 5.15. The summed E-state index contributed by atoms with van der Waals surface area (Å²) in [5, 5.41) is 4.71. The standard InChI is InChI=1S/C44H30N6/c1-3-13-41-33(7-1)35-27-45-25-23-43(35)49(41)31-19-15-29(16-20-31)37-9-5-11-39(47-37)40-12-6-10-38(48-40)30-17-21-32(22-18-30)50-42-14-4-2-8-34(42)36-28-46-26-24-44(36)50/h1-5,7-11,13-28H,6,12H2. The zero-order valence-corrected chi connectivity index (χ0v) is 27.1. The molecule has 5 aromatic heterocycles. The fourth-order valence-corrected chi connectivity index (χ4v) is 7.47. The molecule has 6 heteroatoms. The largest absolute Gasteiger partial charge is 0.309 e. The average molecular weight is 643 g/mol. The average Bonchev–Trinajstić information content (AvgIpc) is 3.71. The van der Waals surface area contributed by atoms with Crippen LogP contribution in [0.3, 0.4) is 0 Å². The van der Waals surface area contributed by atoms with E-state index in [2.05, 4.69) is 153 Å². The number of hydrogen-bond acceptors (Lipinski definition) is 4. The van der Waals surface area contributed by atoms with Crippen LogP contribution < -0.4 is 0 Å². The number of rotatable bonds is 5. The second kappa shape index (κ2) is 11.5. The van der Waals surface area contributed by atoms with Crippen molar-refractivity contribution < 1.29 is 0 Å². The molecule has 0 saturated heterocycles. The van der Waals surface area contributed by atoms with Crippen molar-refractivity contribution in [3.05, 3.63) is 170 Å². The monoisotopic (exact) mass is 642 g/mol. The fraction of sp³-hybridized carbons (Fsp3) is 0.0455. The molecule has 0 radical (unpaired) electrons. The van der Waals surface area contributed by atoms with Gasteiger partial charge in [0.1, 0.15) is 0 Å². The molecule has 0 amide bonds. The highest BCUT2D eigenvalue weighted by molar-refractivity contribution is 6.10. The molecule has 4 aromatic carbocycles. The van der Waals surface area contributed by atoms with Gasteiger partial charge in [-0.05, 0) is 79.1 Å². The van der Waals surface area contributed by atoms with Crippen molar-refractivity contribution in [2.75, 3.05) is 0 Å². The number of fused-ring (bicyclic) bond motifs is 6. The van der Waals surface area contributed by atoms with Gasteiger partial charge < -0.3 is 9.13 Å². The SMILES string of the molecule is C1=C(c2ccc(-n3c4ccccc4c4cnccc43)cc2)N=C(c2cccc(-c3ccc(-n4c5ccccc5c5cnccc54)cc3)n2)CC1. The van der Waals surface area contributed by atoms with Gasteiger partial charge in [0.05, 0.1) is 44.9 Å². The summed E-state index contributed by atoms with van der Waals surface area (Å²) in [4.78, 5) is 19.0. The van der Waals surface area contributed by atoms with Gasteiger partial charge in [0.2, 0.25) is 0 Å². The number of para-hydroxylation sites is 2. The fourth-order valence-electron chi connectivity index (χ4n) is 7.47. The highest BCUT2D eigenvalue weighted by Crippen LogP contribution is 2.34.